The van der Waals surface area contributed by atoms with Crippen molar-refractivity contribution >= 4 is 51.8 Å². The Morgan fingerprint density at radius 3 is 2.38 bits per heavy atom. The molecule has 0 saturated heterocycles. The minimum absolute atomic E-state index is 0.111. The molecule has 1 saturated carbocycles. The second-order valence-corrected chi connectivity index (χ2v) is 8.47. The molecule has 1 fully saturated rings. The number of rotatable bonds is 1. The van der Waals surface area contributed by atoms with Crippen molar-refractivity contribution in [3.63, 3.8) is 0 Å². The van der Waals surface area contributed by atoms with Crippen LogP contribution in [0.5, 0.6) is 0 Å². The fourth-order valence-corrected chi connectivity index (χ4v) is 4.25. The molecule has 1 unspecified atom stereocenters. The monoisotopic (exact) mass is 384 g/mol. The highest BCUT2D eigenvalue weighted by molar-refractivity contribution is 6.39. The topological polar surface area (TPSA) is 41.8 Å². The summed E-state index contributed by atoms with van der Waals surface area (Å²) >= 11 is 12.5. The molecule has 0 bridgehead atoms. The number of Topliss-reactive ketones (excluding diaryl/α,β-unsaturated/α-hetero) is 1. The van der Waals surface area contributed by atoms with Gasteiger partial charge in [0.05, 0.1) is 28.0 Å². The summed E-state index contributed by atoms with van der Waals surface area (Å²) in [6.07, 6.45) is 1.25. The molecule has 0 amide bonds. The third kappa shape index (κ3) is 3.10. The van der Waals surface area contributed by atoms with E-state index in [1.165, 1.54) is 0 Å². The fourth-order valence-electron chi connectivity index (χ4n) is 3.74. The number of fused-ring (bicyclic) bond motifs is 2. The van der Waals surface area contributed by atoms with Crippen molar-refractivity contribution in [2.75, 3.05) is 0 Å². The van der Waals surface area contributed by atoms with Gasteiger partial charge in [-0.15, -0.1) is 0 Å². The molecule has 0 aromatic heterocycles. The molecule has 1 heterocycles. The quantitative estimate of drug-likeness (QED) is 0.576. The van der Waals surface area contributed by atoms with Crippen molar-refractivity contribution in [2.24, 2.45) is 21.3 Å². The molecule has 1 atom stereocenters. The first-order valence-corrected chi connectivity index (χ1v) is 9.33. The van der Waals surface area contributed by atoms with Crippen LogP contribution in [-0.4, -0.2) is 17.2 Å². The molecule has 0 spiro atoms. The predicted molar refractivity (Wildman–Crippen MR) is 108 cm³/mol. The van der Waals surface area contributed by atoms with Gasteiger partial charge in [0.15, 0.2) is 0 Å². The molecule has 0 N–H and O–H groups in total. The molecule has 132 valence electrons. The summed E-state index contributed by atoms with van der Waals surface area (Å²) in [7, 11) is 0. The van der Waals surface area contributed by atoms with Crippen LogP contribution in [-0.2, 0) is 4.79 Å². The zero-order chi connectivity index (χ0) is 18.5. The van der Waals surface area contributed by atoms with Crippen molar-refractivity contribution in [1.29, 1.82) is 0 Å². The molecular weight excluding hydrogens is 367 g/mol. The number of ketones is 1. The minimum Gasteiger partial charge on any atom is -0.299 e. The van der Waals surface area contributed by atoms with Crippen LogP contribution < -0.4 is 0 Å². The first-order chi connectivity index (χ1) is 12.3. The number of aliphatic imine (C=N–C) groups is 2. The molecule has 2 aromatic rings. The third-order valence-corrected chi connectivity index (χ3v) is 5.38. The SMILES string of the molecule is CC1(C)CC(=O)C2C(=Nc3ccccc3N=C2c2ccc(Cl)cc2Cl)C1. The van der Waals surface area contributed by atoms with Crippen LogP contribution >= 0.6 is 23.2 Å². The van der Waals surface area contributed by atoms with Crippen molar-refractivity contribution in [3.8, 4) is 0 Å². The van der Waals surface area contributed by atoms with E-state index in [2.05, 4.69) is 13.8 Å². The Kier molecular flexibility index (Phi) is 4.25. The van der Waals surface area contributed by atoms with Crippen LogP contribution in [0.25, 0.3) is 0 Å². The molecule has 0 radical (unpaired) electrons. The van der Waals surface area contributed by atoms with Gasteiger partial charge in [-0.2, -0.15) is 0 Å². The molecular formula is C21H18Cl2N2O. The second kappa shape index (κ2) is 6.33. The van der Waals surface area contributed by atoms with Crippen LogP contribution in [0.4, 0.5) is 11.4 Å². The number of halogens is 2. The van der Waals surface area contributed by atoms with Crippen molar-refractivity contribution in [2.45, 2.75) is 26.7 Å². The standard InChI is InChI=1S/C21H18Cl2N2O/c1-21(2)10-17-19(18(26)11-21)20(13-8-7-12(22)9-14(13)23)25-16-6-4-3-5-15(16)24-17/h3-9,19H,10-11H2,1-2H3. The van der Waals surface area contributed by atoms with Gasteiger partial charge in [0.2, 0.25) is 0 Å². The summed E-state index contributed by atoms with van der Waals surface area (Å²) in [4.78, 5) is 22.8. The van der Waals surface area contributed by atoms with Gasteiger partial charge in [-0.3, -0.25) is 9.79 Å². The van der Waals surface area contributed by atoms with E-state index >= 15 is 0 Å². The summed E-state index contributed by atoms with van der Waals surface area (Å²) < 4.78 is 0. The Balaban J connectivity index is 1.96. The maximum Gasteiger partial charge on any atom is 0.148 e. The zero-order valence-corrected chi connectivity index (χ0v) is 16.1. The molecule has 3 nitrogen and oxygen atoms in total. The largest absolute Gasteiger partial charge is 0.299 e. The summed E-state index contributed by atoms with van der Waals surface area (Å²) in [6.45, 7) is 4.21. The smallest absolute Gasteiger partial charge is 0.148 e. The lowest BCUT2D eigenvalue weighted by Crippen LogP contribution is -2.42. The Morgan fingerprint density at radius 2 is 1.69 bits per heavy atom. The molecule has 2 aliphatic rings. The highest BCUT2D eigenvalue weighted by Crippen LogP contribution is 2.42. The first-order valence-electron chi connectivity index (χ1n) is 8.57. The Hall–Kier alpha value is -1.97. The van der Waals surface area contributed by atoms with E-state index < -0.39 is 5.92 Å². The Labute approximate surface area is 162 Å². The van der Waals surface area contributed by atoms with Gasteiger partial charge in [0.1, 0.15) is 5.78 Å². The van der Waals surface area contributed by atoms with Crippen LogP contribution in [0.2, 0.25) is 10.0 Å². The van der Waals surface area contributed by atoms with E-state index in [4.69, 9.17) is 33.2 Å². The van der Waals surface area contributed by atoms with Gasteiger partial charge in [0.25, 0.3) is 0 Å². The highest BCUT2D eigenvalue weighted by Gasteiger charge is 2.42. The van der Waals surface area contributed by atoms with Gasteiger partial charge < -0.3 is 0 Å². The van der Waals surface area contributed by atoms with E-state index in [0.29, 0.717) is 22.2 Å². The van der Waals surface area contributed by atoms with E-state index in [1.807, 2.05) is 30.3 Å². The number of carbonyl (C=O) groups is 1. The zero-order valence-electron chi connectivity index (χ0n) is 14.6. The maximum absolute atomic E-state index is 13.1. The van der Waals surface area contributed by atoms with E-state index in [9.17, 15) is 4.79 Å². The molecule has 5 heteroatoms. The summed E-state index contributed by atoms with van der Waals surface area (Å²) in [5.74, 6) is -0.327. The molecule has 4 rings (SSSR count). The molecule has 1 aliphatic carbocycles. The molecule has 26 heavy (non-hydrogen) atoms. The fraction of sp³-hybridized carbons (Fsp3) is 0.286. The van der Waals surface area contributed by atoms with Gasteiger partial charge in [-0.25, -0.2) is 4.99 Å². The number of carbonyl (C=O) groups excluding carboxylic acids is 1. The lowest BCUT2D eigenvalue weighted by molar-refractivity contribution is -0.122. The van der Waals surface area contributed by atoms with Crippen molar-refractivity contribution in [3.05, 3.63) is 58.1 Å². The number of hydrogen-bond donors (Lipinski definition) is 0. The van der Waals surface area contributed by atoms with E-state index in [-0.39, 0.29) is 11.2 Å². The number of para-hydroxylation sites is 2. The minimum atomic E-state index is -0.464. The number of nitrogens with zero attached hydrogens (tertiary/aromatic N) is 2. The van der Waals surface area contributed by atoms with Gasteiger partial charge in [-0.05, 0) is 36.1 Å². The van der Waals surface area contributed by atoms with E-state index in [1.54, 1.807) is 12.1 Å². The average molecular weight is 385 g/mol. The van der Waals surface area contributed by atoms with Crippen LogP contribution in [0.1, 0.15) is 32.3 Å². The van der Waals surface area contributed by atoms with Crippen molar-refractivity contribution in [1.82, 2.24) is 0 Å². The predicted octanol–water partition coefficient (Wildman–Crippen LogP) is 6.21. The average Bonchev–Trinajstić information content (AvgIpc) is 2.69. The highest BCUT2D eigenvalue weighted by atomic mass is 35.5. The third-order valence-electron chi connectivity index (χ3n) is 4.83. The Bertz CT molecular complexity index is 976. The normalized spacial score (nSPS) is 21.2. The summed E-state index contributed by atoms with van der Waals surface area (Å²) in [6, 6.07) is 13.0. The van der Waals surface area contributed by atoms with E-state index in [0.717, 1.165) is 29.1 Å². The first kappa shape index (κ1) is 17.4. The van der Waals surface area contributed by atoms with Gasteiger partial charge in [0, 0.05) is 22.7 Å². The van der Waals surface area contributed by atoms with Crippen LogP contribution in [0.15, 0.2) is 52.4 Å². The summed E-state index contributed by atoms with van der Waals surface area (Å²) in [5.41, 5.74) is 3.69. The Morgan fingerprint density at radius 1 is 1.00 bits per heavy atom. The van der Waals surface area contributed by atoms with Gasteiger partial charge in [-0.1, -0.05) is 55.2 Å². The second-order valence-electron chi connectivity index (χ2n) is 7.63. The maximum atomic E-state index is 13.1. The van der Waals surface area contributed by atoms with Crippen LogP contribution in [0.3, 0.4) is 0 Å². The lowest BCUT2D eigenvalue weighted by Gasteiger charge is -2.34. The molecule has 1 aliphatic heterocycles. The van der Waals surface area contributed by atoms with Crippen LogP contribution in [0, 0.1) is 11.3 Å². The molecule has 2 aromatic carbocycles. The summed E-state index contributed by atoms with van der Waals surface area (Å²) in [5, 5.41) is 1.05. The number of hydrogen-bond acceptors (Lipinski definition) is 3. The lowest BCUT2D eigenvalue weighted by atomic mass is 9.69. The number of benzene rings is 2. The van der Waals surface area contributed by atoms with Crippen molar-refractivity contribution < 1.29 is 4.79 Å². The van der Waals surface area contributed by atoms with Gasteiger partial charge >= 0.3 is 0 Å².